The van der Waals surface area contributed by atoms with Gasteiger partial charge in [-0.1, -0.05) is 20.8 Å². The number of hydrogen-bond acceptors (Lipinski definition) is 4. The van der Waals surface area contributed by atoms with E-state index < -0.39 is 0 Å². The summed E-state index contributed by atoms with van der Waals surface area (Å²) in [7, 11) is 1.91. The highest BCUT2D eigenvalue weighted by atomic mass is 16.5. The summed E-state index contributed by atoms with van der Waals surface area (Å²) in [6, 6.07) is 2.07. The van der Waals surface area contributed by atoms with E-state index in [0.717, 1.165) is 12.1 Å². The summed E-state index contributed by atoms with van der Waals surface area (Å²) in [4.78, 5) is 0. The molecule has 0 saturated carbocycles. The molecule has 0 aliphatic heterocycles. The summed E-state index contributed by atoms with van der Waals surface area (Å²) in [6.07, 6.45) is 2.75. The van der Waals surface area contributed by atoms with Gasteiger partial charge < -0.3 is 4.74 Å². The summed E-state index contributed by atoms with van der Waals surface area (Å²) < 4.78 is 7.66. The molecule has 0 aliphatic rings. The Hall–Kier alpha value is -0.910. The molecule has 0 fully saturated rings. The van der Waals surface area contributed by atoms with Crippen LogP contribution in [0.25, 0.3) is 0 Å². The first kappa shape index (κ1) is 15.1. The van der Waals surface area contributed by atoms with E-state index in [9.17, 15) is 0 Å². The fraction of sp³-hybridized carbons (Fsp3) is 0.769. The zero-order valence-corrected chi connectivity index (χ0v) is 12.1. The molecule has 0 spiro atoms. The van der Waals surface area contributed by atoms with Gasteiger partial charge in [0.2, 0.25) is 0 Å². The van der Waals surface area contributed by atoms with Crippen LogP contribution in [0.4, 0.5) is 0 Å². The molecule has 3 N–H and O–H groups in total. The third kappa shape index (κ3) is 4.08. The van der Waals surface area contributed by atoms with Gasteiger partial charge >= 0.3 is 0 Å². The van der Waals surface area contributed by atoms with E-state index >= 15 is 0 Å². The van der Waals surface area contributed by atoms with Crippen LogP contribution in [0.5, 0.6) is 0 Å². The van der Waals surface area contributed by atoms with Crippen LogP contribution in [0.2, 0.25) is 0 Å². The third-order valence-corrected chi connectivity index (χ3v) is 2.98. The average molecular weight is 254 g/mol. The van der Waals surface area contributed by atoms with Crippen molar-refractivity contribution in [3.8, 4) is 0 Å². The molecular weight excluding hydrogens is 228 g/mol. The van der Waals surface area contributed by atoms with Crippen molar-refractivity contribution in [2.24, 2.45) is 18.3 Å². The molecule has 1 heterocycles. The van der Waals surface area contributed by atoms with Gasteiger partial charge in [-0.05, 0) is 18.4 Å². The van der Waals surface area contributed by atoms with Crippen molar-refractivity contribution >= 4 is 0 Å². The normalized spacial score (nSPS) is 15.7. The Labute approximate surface area is 110 Å². The maximum Gasteiger partial charge on any atom is 0.0793 e. The minimum absolute atomic E-state index is 0.0296. The van der Waals surface area contributed by atoms with Crippen molar-refractivity contribution in [3.63, 3.8) is 0 Å². The number of hydrazine groups is 1. The minimum Gasteiger partial charge on any atom is -0.376 e. The van der Waals surface area contributed by atoms with Crippen LogP contribution in [0.15, 0.2) is 12.3 Å². The molecule has 2 unspecified atom stereocenters. The Morgan fingerprint density at radius 3 is 2.56 bits per heavy atom. The van der Waals surface area contributed by atoms with Gasteiger partial charge in [0.05, 0.1) is 17.8 Å². The zero-order valence-electron chi connectivity index (χ0n) is 12.1. The van der Waals surface area contributed by atoms with E-state index in [1.54, 1.807) is 4.68 Å². The van der Waals surface area contributed by atoms with Crippen molar-refractivity contribution in [3.05, 3.63) is 18.0 Å². The van der Waals surface area contributed by atoms with Crippen LogP contribution in [0.3, 0.4) is 0 Å². The lowest BCUT2D eigenvalue weighted by molar-refractivity contribution is -0.0358. The van der Waals surface area contributed by atoms with E-state index in [1.165, 1.54) is 0 Å². The fourth-order valence-corrected chi connectivity index (χ4v) is 2.20. The predicted octanol–water partition coefficient (Wildman–Crippen LogP) is 1.25. The van der Waals surface area contributed by atoms with Gasteiger partial charge in [0, 0.05) is 26.3 Å². The highest BCUT2D eigenvalue weighted by molar-refractivity contribution is 5.03. The average Bonchev–Trinajstić information content (AvgIpc) is 2.67. The van der Waals surface area contributed by atoms with Gasteiger partial charge in [-0.3, -0.25) is 16.0 Å². The molecule has 18 heavy (non-hydrogen) atoms. The molecule has 0 aromatic carbocycles. The summed E-state index contributed by atoms with van der Waals surface area (Å²) in [5.74, 6) is 5.69. The second-order valence-corrected chi connectivity index (χ2v) is 5.70. The van der Waals surface area contributed by atoms with Gasteiger partial charge in [0.1, 0.15) is 0 Å². The van der Waals surface area contributed by atoms with Gasteiger partial charge in [-0.25, -0.2) is 0 Å². The highest BCUT2D eigenvalue weighted by Gasteiger charge is 2.32. The lowest BCUT2D eigenvalue weighted by Gasteiger charge is -2.36. The lowest BCUT2D eigenvalue weighted by Crippen LogP contribution is -2.52. The molecule has 1 aromatic heterocycles. The number of ether oxygens (including phenoxy) is 1. The monoisotopic (exact) mass is 254 g/mol. The SMILES string of the molecule is CCOC(C(Cc1ccn(C)n1)NN)C(C)(C)C. The van der Waals surface area contributed by atoms with Crippen LogP contribution in [0, 0.1) is 5.41 Å². The van der Waals surface area contributed by atoms with Crippen molar-refractivity contribution in [2.75, 3.05) is 6.61 Å². The minimum atomic E-state index is 0.0296. The van der Waals surface area contributed by atoms with E-state index in [0.29, 0.717) is 6.61 Å². The molecule has 1 rings (SSSR count). The summed E-state index contributed by atoms with van der Waals surface area (Å²) in [5.41, 5.74) is 3.93. The first-order valence-electron chi connectivity index (χ1n) is 6.44. The fourth-order valence-electron chi connectivity index (χ4n) is 2.20. The molecule has 1 aromatic rings. The van der Waals surface area contributed by atoms with Crippen molar-refractivity contribution in [1.82, 2.24) is 15.2 Å². The Kier molecular flexibility index (Phi) is 5.31. The number of nitrogens with zero attached hydrogens (tertiary/aromatic N) is 2. The number of hydrogen-bond donors (Lipinski definition) is 2. The van der Waals surface area contributed by atoms with Crippen LogP contribution in [-0.2, 0) is 18.2 Å². The quantitative estimate of drug-likeness (QED) is 0.592. The lowest BCUT2D eigenvalue weighted by atomic mass is 9.83. The first-order valence-corrected chi connectivity index (χ1v) is 6.44. The zero-order chi connectivity index (χ0) is 13.8. The molecular formula is C13H26N4O. The second kappa shape index (κ2) is 6.31. The molecule has 0 radical (unpaired) electrons. The number of aromatic nitrogens is 2. The standard InChI is InChI=1S/C13H26N4O/c1-6-18-12(13(2,3)4)11(15-14)9-10-7-8-17(5)16-10/h7-8,11-12,15H,6,9,14H2,1-5H3. The number of aryl methyl sites for hydroxylation is 1. The van der Waals surface area contributed by atoms with Crippen LogP contribution >= 0.6 is 0 Å². The van der Waals surface area contributed by atoms with E-state index in [-0.39, 0.29) is 17.6 Å². The summed E-state index contributed by atoms with van der Waals surface area (Å²) in [5, 5.41) is 4.39. The molecule has 5 nitrogen and oxygen atoms in total. The van der Waals surface area contributed by atoms with Crippen molar-refractivity contribution < 1.29 is 4.74 Å². The second-order valence-electron chi connectivity index (χ2n) is 5.70. The third-order valence-electron chi connectivity index (χ3n) is 2.98. The molecule has 0 aliphatic carbocycles. The molecule has 2 atom stereocenters. The first-order chi connectivity index (χ1) is 8.38. The van der Waals surface area contributed by atoms with Crippen LogP contribution < -0.4 is 11.3 Å². The maximum absolute atomic E-state index is 5.86. The summed E-state index contributed by atoms with van der Waals surface area (Å²) >= 11 is 0. The molecule has 5 heteroatoms. The summed E-state index contributed by atoms with van der Waals surface area (Å²) in [6.45, 7) is 9.18. The number of nitrogens with one attached hydrogen (secondary N) is 1. The predicted molar refractivity (Wildman–Crippen MR) is 72.9 cm³/mol. The van der Waals surface area contributed by atoms with Gasteiger partial charge in [-0.15, -0.1) is 0 Å². The van der Waals surface area contributed by atoms with Crippen LogP contribution in [-0.4, -0.2) is 28.5 Å². The Morgan fingerprint density at radius 2 is 2.17 bits per heavy atom. The number of nitrogens with two attached hydrogens (primary N) is 1. The number of rotatable bonds is 6. The largest absolute Gasteiger partial charge is 0.376 e. The van der Waals surface area contributed by atoms with Crippen molar-refractivity contribution in [1.29, 1.82) is 0 Å². The van der Waals surface area contributed by atoms with Crippen LogP contribution in [0.1, 0.15) is 33.4 Å². The van der Waals surface area contributed by atoms with E-state index in [2.05, 4.69) is 31.3 Å². The topological polar surface area (TPSA) is 65.1 Å². The van der Waals surface area contributed by atoms with E-state index in [4.69, 9.17) is 10.6 Å². The Bertz CT molecular complexity index is 356. The maximum atomic E-state index is 5.86. The van der Waals surface area contributed by atoms with Gasteiger partial charge in [0.25, 0.3) is 0 Å². The van der Waals surface area contributed by atoms with E-state index in [1.807, 2.05) is 26.2 Å². The van der Waals surface area contributed by atoms with Crippen molar-refractivity contribution in [2.45, 2.75) is 46.3 Å². The Balaban J connectivity index is 2.79. The van der Waals surface area contributed by atoms with Gasteiger partial charge in [0.15, 0.2) is 0 Å². The molecule has 0 saturated heterocycles. The Morgan fingerprint density at radius 1 is 1.50 bits per heavy atom. The highest BCUT2D eigenvalue weighted by Crippen LogP contribution is 2.26. The molecule has 104 valence electrons. The molecule has 0 bridgehead atoms. The molecule has 0 amide bonds. The smallest absolute Gasteiger partial charge is 0.0793 e. The van der Waals surface area contributed by atoms with Gasteiger partial charge in [-0.2, -0.15) is 5.10 Å².